The van der Waals surface area contributed by atoms with Crippen molar-refractivity contribution in [1.29, 1.82) is 0 Å². The minimum Gasteiger partial charge on any atom is -0.508 e. The third-order valence-corrected chi connectivity index (χ3v) is 9.47. The highest BCUT2D eigenvalue weighted by Gasteiger charge is 2.52. The van der Waals surface area contributed by atoms with Crippen molar-refractivity contribution in [2.24, 2.45) is 0 Å². The molecule has 56 heavy (non-hydrogen) atoms. The lowest BCUT2D eigenvalue weighted by Gasteiger charge is -2.46. The highest BCUT2D eigenvalue weighted by Crippen LogP contribution is 2.46. The van der Waals surface area contributed by atoms with Crippen LogP contribution < -0.4 is 14.9 Å². The van der Waals surface area contributed by atoms with Crippen LogP contribution in [0.25, 0.3) is 28.4 Å². The summed E-state index contributed by atoms with van der Waals surface area (Å²) in [5.74, 6) is -1.67. The Hall–Kier alpha value is -5.28. The number of aliphatic hydroxyl groups is 6. The molecule has 2 aliphatic rings. The van der Waals surface area contributed by atoms with E-state index < -0.39 is 91.6 Å². The lowest BCUT2D eigenvalue weighted by Crippen LogP contribution is -2.63. The molecular weight excluding hydrogens is 744 g/mol. The van der Waals surface area contributed by atoms with E-state index in [9.17, 15) is 55.5 Å². The summed E-state index contributed by atoms with van der Waals surface area (Å²) >= 11 is 0. The third kappa shape index (κ3) is 8.01. The van der Waals surface area contributed by atoms with Crippen LogP contribution in [-0.2, 0) is 23.7 Å². The summed E-state index contributed by atoms with van der Waals surface area (Å²) in [4.78, 5) is 26.0. The maximum absolute atomic E-state index is 13.5. The van der Waals surface area contributed by atoms with Gasteiger partial charge in [0.2, 0.25) is 0 Å². The molecule has 2 fully saturated rings. The average molecular weight is 785 g/mol. The van der Waals surface area contributed by atoms with Crippen molar-refractivity contribution in [3.63, 3.8) is 0 Å². The fourth-order valence-electron chi connectivity index (χ4n) is 6.49. The Balaban J connectivity index is 1.32. The van der Waals surface area contributed by atoms with Gasteiger partial charge in [-0.15, -0.1) is 0 Å². The van der Waals surface area contributed by atoms with Gasteiger partial charge in [0.1, 0.15) is 89.9 Å². The van der Waals surface area contributed by atoms with Crippen molar-refractivity contribution >= 4 is 23.0 Å². The Morgan fingerprint density at radius 2 is 1.48 bits per heavy atom. The number of carbonyl (C=O) groups excluding carboxylic acids is 1. The highest BCUT2D eigenvalue weighted by atomic mass is 16.7. The molecule has 0 unspecified atom stereocenters. The zero-order valence-electron chi connectivity index (χ0n) is 29.7. The molecule has 3 aromatic carbocycles. The fourth-order valence-corrected chi connectivity index (χ4v) is 6.49. The van der Waals surface area contributed by atoms with Crippen molar-refractivity contribution in [3.8, 4) is 40.1 Å². The van der Waals surface area contributed by atoms with E-state index in [1.807, 2.05) is 0 Å². The van der Waals surface area contributed by atoms with Crippen LogP contribution in [0.15, 0.2) is 69.9 Å². The third-order valence-electron chi connectivity index (χ3n) is 9.47. The number of benzene rings is 3. The first-order valence-electron chi connectivity index (χ1n) is 17.1. The van der Waals surface area contributed by atoms with E-state index in [-0.39, 0.29) is 45.3 Å². The second-order valence-electron chi connectivity index (χ2n) is 13.0. The van der Waals surface area contributed by atoms with E-state index in [2.05, 4.69) is 0 Å². The van der Waals surface area contributed by atoms with Crippen LogP contribution in [0.3, 0.4) is 0 Å². The van der Waals surface area contributed by atoms with Crippen LogP contribution in [0.2, 0.25) is 0 Å². The van der Waals surface area contributed by atoms with E-state index in [1.165, 1.54) is 62.8 Å². The lowest BCUT2D eigenvalue weighted by atomic mass is 9.89. The van der Waals surface area contributed by atoms with Crippen molar-refractivity contribution in [1.82, 2.24) is 0 Å². The van der Waals surface area contributed by atoms with Crippen LogP contribution in [0, 0.1) is 0 Å². The summed E-state index contributed by atoms with van der Waals surface area (Å²) < 4.78 is 39.7. The molecule has 0 bridgehead atoms. The van der Waals surface area contributed by atoms with Gasteiger partial charge in [-0.2, -0.15) is 0 Å². The molecule has 0 aliphatic carbocycles. The average Bonchev–Trinajstić information content (AvgIpc) is 3.19. The predicted molar refractivity (Wildman–Crippen MR) is 191 cm³/mol. The molecule has 10 atom stereocenters. The largest absolute Gasteiger partial charge is 0.508 e. The first-order valence-corrected chi connectivity index (χ1v) is 17.1. The number of aromatic hydroxyl groups is 3. The molecule has 3 heterocycles. The van der Waals surface area contributed by atoms with Gasteiger partial charge < -0.3 is 78.8 Å². The molecular formula is C38H40O18. The molecule has 0 saturated carbocycles. The Kier molecular flexibility index (Phi) is 12.1. The second-order valence-corrected chi connectivity index (χ2v) is 13.0. The molecule has 4 aromatic rings. The summed E-state index contributed by atoms with van der Waals surface area (Å²) in [6.45, 7) is -1.49. The Morgan fingerprint density at radius 3 is 2.16 bits per heavy atom. The molecule has 18 nitrogen and oxygen atoms in total. The molecule has 6 rings (SSSR count). The number of fused-ring (bicyclic) bond motifs is 1. The number of hydrogen-bond donors (Lipinski definition) is 9. The molecule has 0 amide bonds. The van der Waals surface area contributed by atoms with Gasteiger partial charge in [-0.1, -0.05) is 6.07 Å². The molecule has 0 spiro atoms. The summed E-state index contributed by atoms with van der Waals surface area (Å²) in [5.41, 5.74) is -0.381. The molecule has 0 radical (unpaired) electrons. The number of phenols is 3. The summed E-state index contributed by atoms with van der Waals surface area (Å²) in [7, 11) is 2.57. The van der Waals surface area contributed by atoms with E-state index in [0.717, 1.165) is 18.2 Å². The van der Waals surface area contributed by atoms with Crippen LogP contribution in [0.4, 0.5) is 0 Å². The Morgan fingerprint density at radius 1 is 0.786 bits per heavy atom. The first kappa shape index (κ1) is 40.4. The summed E-state index contributed by atoms with van der Waals surface area (Å²) in [6, 6.07) is 12.1. The highest BCUT2D eigenvalue weighted by molar-refractivity contribution is 5.90. The van der Waals surface area contributed by atoms with Gasteiger partial charge in [0.05, 0.1) is 26.4 Å². The number of aliphatic hydroxyl groups excluding tert-OH is 6. The topological polar surface area (TPSA) is 285 Å². The van der Waals surface area contributed by atoms with Gasteiger partial charge in [0, 0.05) is 23.8 Å². The quantitative estimate of drug-likeness (QED) is 0.0725. The number of carbonyl (C=O) groups is 1. The van der Waals surface area contributed by atoms with Gasteiger partial charge in [-0.05, 0) is 48.0 Å². The minimum absolute atomic E-state index is 0.0258. The number of hydrogen-bond acceptors (Lipinski definition) is 18. The molecule has 300 valence electrons. The van der Waals surface area contributed by atoms with Gasteiger partial charge in [-0.25, -0.2) is 4.79 Å². The molecule has 9 N–H and O–H groups in total. The van der Waals surface area contributed by atoms with Gasteiger partial charge in [0.15, 0.2) is 28.8 Å². The van der Waals surface area contributed by atoms with Crippen molar-refractivity contribution in [2.45, 2.75) is 61.2 Å². The summed E-state index contributed by atoms with van der Waals surface area (Å²) in [5, 5.41) is 95.1. The van der Waals surface area contributed by atoms with Gasteiger partial charge in [-0.3, -0.25) is 4.79 Å². The van der Waals surface area contributed by atoms with Crippen LogP contribution in [0.1, 0.15) is 17.2 Å². The molecule has 1 aromatic heterocycles. The SMILES string of the molecule is COc1cc(/C=C/C(=O)OC[C@H]2O[C@@H](O[C@@H]3[C@@H](O)[C@H](O)[C@@H](CO)O[C@H]3c3c(OC)cc(O)c4c(=O)cc(-c5ccc(O)cc5)oc34)[C@H](O)[C@@H](O)[C@@H]2O)ccc1O. The van der Waals surface area contributed by atoms with Gasteiger partial charge >= 0.3 is 5.97 Å². The monoisotopic (exact) mass is 784 g/mol. The fraction of sp³-hybridized carbons (Fsp3) is 0.368. The van der Waals surface area contributed by atoms with E-state index in [4.69, 9.17) is 32.8 Å². The standard InChI is InChI=1S/C38H40O18/c1-50-23-11-16(3-9-19(23)41)4-10-27(44)52-15-26-31(46)32(47)34(49)38(55-26)56-37-33(48)30(45)25(14-39)54-36(37)29-24(51-2)13-21(43)28-20(42)12-22(53-35(28)29)17-5-7-18(40)8-6-17/h3-13,25-26,30-34,36-41,43,45-49H,14-15H2,1-2H3/b10-4+/t25-,26-,30-,31-,32+,33+,34-,36+,37-,38+/m1/s1. The van der Waals surface area contributed by atoms with Crippen LogP contribution in [-0.4, -0.2) is 134 Å². The van der Waals surface area contributed by atoms with Gasteiger partial charge in [0.25, 0.3) is 0 Å². The normalized spacial score (nSPS) is 28.0. The van der Waals surface area contributed by atoms with E-state index in [0.29, 0.717) is 11.1 Å². The Bertz CT molecular complexity index is 2110. The lowest BCUT2D eigenvalue weighted by molar-refractivity contribution is -0.342. The van der Waals surface area contributed by atoms with Crippen molar-refractivity contribution in [3.05, 3.63) is 82.0 Å². The number of methoxy groups -OCH3 is 2. The minimum atomic E-state index is -2.00. The maximum Gasteiger partial charge on any atom is 0.330 e. The second kappa shape index (κ2) is 16.8. The molecule has 2 aliphatic heterocycles. The molecule has 18 heteroatoms. The maximum atomic E-state index is 13.5. The zero-order valence-corrected chi connectivity index (χ0v) is 29.7. The smallest absolute Gasteiger partial charge is 0.330 e. The zero-order chi connectivity index (χ0) is 40.4. The number of phenolic OH excluding ortho intramolecular Hbond substituents is 3. The van der Waals surface area contributed by atoms with Crippen LogP contribution in [0.5, 0.6) is 28.7 Å². The molecule has 2 saturated heterocycles. The van der Waals surface area contributed by atoms with Crippen molar-refractivity contribution in [2.75, 3.05) is 27.4 Å². The van der Waals surface area contributed by atoms with E-state index >= 15 is 0 Å². The van der Waals surface area contributed by atoms with Crippen molar-refractivity contribution < 1.29 is 83.6 Å². The number of rotatable bonds is 11. The van der Waals surface area contributed by atoms with E-state index in [1.54, 1.807) is 0 Å². The first-order chi connectivity index (χ1) is 26.8. The Labute approximate surface area is 317 Å². The number of ether oxygens (including phenoxy) is 6. The predicted octanol–water partition coefficient (Wildman–Crippen LogP) is 0.197. The van der Waals surface area contributed by atoms with Crippen LogP contribution >= 0.6 is 0 Å². The summed E-state index contributed by atoms with van der Waals surface area (Å²) in [6.07, 6.45) is -15.4. The number of esters is 1.